The van der Waals surface area contributed by atoms with Gasteiger partial charge in [0.15, 0.2) is 5.69 Å². The van der Waals surface area contributed by atoms with Crippen LogP contribution in [0.4, 0.5) is 0 Å². The summed E-state index contributed by atoms with van der Waals surface area (Å²) in [6.07, 6.45) is 3.15. The maximum absolute atomic E-state index is 11.2. The molecular formula is C9H13N3O3. The van der Waals surface area contributed by atoms with E-state index in [1.54, 1.807) is 18.7 Å². The molecule has 82 valence electrons. The monoisotopic (exact) mass is 211 g/mol. The van der Waals surface area contributed by atoms with Crippen LogP contribution in [0.2, 0.25) is 0 Å². The number of nitrogens with zero attached hydrogens (tertiary/aromatic N) is 3. The van der Waals surface area contributed by atoms with E-state index in [1.165, 1.54) is 17.4 Å². The minimum Gasteiger partial charge on any atom is -0.476 e. The van der Waals surface area contributed by atoms with Gasteiger partial charge in [-0.3, -0.25) is 4.79 Å². The number of aromatic carboxylic acids is 1. The molecule has 1 aromatic rings. The molecule has 1 heterocycles. The molecule has 0 fully saturated rings. The molecular weight excluding hydrogens is 198 g/mol. The van der Waals surface area contributed by atoms with Crippen molar-refractivity contribution >= 4 is 11.9 Å². The highest BCUT2D eigenvalue weighted by Gasteiger charge is 2.08. The van der Waals surface area contributed by atoms with Gasteiger partial charge in [0.25, 0.3) is 0 Å². The van der Waals surface area contributed by atoms with Gasteiger partial charge in [-0.15, -0.1) is 0 Å². The van der Waals surface area contributed by atoms with Crippen LogP contribution in [0.3, 0.4) is 0 Å². The number of amides is 1. The highest BCUT2D eigenvalue weighted by atomic mass is 16.4. The molecule has 0 aliphatic rings. The fraction of sp³-hybridized carbons (Fsp3) is 0.444. The Balaban J connectivity index is 2.51. The van der Waals surface area contributed by atoms with Gasteiger partial charge in [-0.25, -0.2) is 9.78 Å². The van der Waals surface area contributed by atoms with Crippen molar-refractivity contribution in [3.63, 3.8) is 0 Å². The SMILES string of the molecule is CN(C)C(=O)CCn1cnc(C(=O)O)c1. The van der Waals surface area contributed by atoms with Gasteiger partial charge in [0.05, 0.1) is 6.33 Å². The molecule has 0 saturated heterocycles. The van der Waals surface area contributed by atoms with Crippen molar-refractivity contribution in [1.82, 2.24) is 14.5 Å². The third-order valence-electron chi connectivity index (χ3n) is 1.94. The number of carboxylic acid groups (broad SMARTS) is 1. The summed E-state index contributed by atoms with van der Waals surface area (Å²) in [5.74, 6) is -1.06. The second-order valence-corrected chi connectivity index (χ2v) is 3.34. The molecule has 0 atom stereocenters. The molecule has 0 saturated carbocycles. The topological polar surface area (TPSA) is 75.4 Å². The highest BCUT2D eigenvalue weighted by Crippen LogP contribution is 1.98. The van der Waals surface area contributed by atoms with Gasteiger partial charge in [0.1, 0.15) is 0 Å². The summed E-state index contributed by atoms with van der Waals surface area (Å²) < 4.78 is 1.59. The lowest BCUT2D eigenvalue weighted by molar-refractivity contribution is -0.128. The number of aromatic nitrogens is 2. The molecule has 1 amide bonds. The first kappa shape index (κ1) is 11.2. The predicted molar refractivity (Wildman–Crippen MR) is 52.5 cm³/mol. The number of rotatable bonds is 4. The van der Waals surface area contributed by atoms with Gasteiger partial charge in [-0.2, -0.15) is 0 Å². The Bertz CT molecular complexity index is 370. The normalized spacial score (nSPS) is 10.0. The largest absolute Gasteiger partial charge is 0.476 e. The standard InChI is InChI=1S/C9H13N3O3/c1-11(2)8(13)3-4-12-5-7(9(14)15)10-6-12/h5-6H,3-4H2,1-2H3,(H,14,15). The Morgan fingerprint density at radius 3 is 2.67 bits per heavy atom. The average Bonchev–Trinajstić information content (AvgIpc) is 2.62. The summed E-state index contributed by atoms with van der Waals surface area (Å²) in [6.45, 7) is 0.442. The van der Waals surface area contributed by atoms with E-state index in [0.717, 1.165) is 0 Å². The summed E-state index contributed by atoms with van der Waals surface area (Å²) in [5.41, 5.74) is -0.00713. The van der Waals surface area contributed by atoms with Gasteiger partial charge in [0, 0.05) is 33.3 Å². The van der Waals surface area contributed by atoms with E-state index >= 15 is 0 Å². The third kappa shape index (κ3) is 3.08. The Hall–Kier alpha value is -1.85. The molecule has 1 rings (SSSR count). The molecule has 1 aromatic heterocycles. The molecule has 0 radical (unpaired) electrons. The maximum Gasteiger partial charge on any atom is 0.356 e. The molecule has 6 heteroatoms. The van der Waals surface area contributed by atoms with E-state index in [1.807, 2.05) is 0 Å². The minimum absolute atomic E-state index is 0.000532. The van der Waals surface area contributed by atoms with E-state index < -0.39 is 5.97 Å². The van der Waals surface area contributed by atoms with Crippen molar-refractivity contribution < 1.29 is 14.7 Å². The van der Waals surface area contributed by atoms with E-state index in [0.29, 0.717) is 13.0 Å². The molecule has 15 heavy (non-hydrogen) atoms. The van der Waals surface area contributed by atoms with Crippen LogP contribution >= 0.6 is 0 Å². The van der Waals surface area contributed by atoms with Crippen molar-refractivity contribution in [2.24, 2.45) is 0 Å². The summed E-state index contributed by atoms with van der Waals surface area (Å²) in [4.78, 5) is 26.9. The summed E-state index contributed by atoms with van der Waals surface area (Å²) in [6, 6.07) is 0. The number of carboxylic acids is 1. The molecule has 0 aliphatic carbocycles. The lowest BCUT2D eigenvalue weighted by Crippen LogP contribution is -2.22. The second kappa shape index (κ2) is 4.59. The van der Waals surface area contributed by atoms with Crippen LogP contribution in [0.5, 0.6) is 0 Å². The first-order chi connectivity index (χ1) is 7.00. The van der Waals surface area contributed by atoms with E-state index in [4.69, 9.17) is 5.11 Å². The molecule has 1 N–H and O–H groups in total. The number of hydrogen-bond acceptors (Lipinski definition) is 3. The lowest BCUT2D eigenvalue weighted by atomic mass is 10.4. The van der Waals surface area contributed by atoms with Crippen LogP contribution in [0, 0.1) is 0 Å². The van der Waals surface area contributed by atoms with Crippen molar-refractivity contribution in [2.45, 2.75) is 13.0 Å². The van der Waals surface area contributed by atoms with Crippen LogP contribution in [0.25, 0.3) is 0 Å². The van der Waals surface area contributed by atoms with E-state index in [2.05, 4.69) is 4.98 Å². The van der Waals surface area contributed by atoms with Gasteiger partial charge in [-0.05, 0) is 0 Å². The van der Waals surface area contributed by atoms with Crippen LogP contribution in [0.1, 0.15) is 16.9 Å². The van der Waals surface area contributed by atoms with Crippen molar-refractivity contribution in [3.05, 3.63) is 18.2 Å². The third-order valence-corrected chi connectivity index (χ3v) is 1.94. The van der Waals surface area contributed by atoms with Crippen molar-refractivity contribution in [1.29, 1.82) is 0 Å². The lowest BCUT2D eigenvalue weighted by Gasteiger charge is -2.09. The van der Waals surface area contributed by atoms with Crippen LogP contribution in [-0.4, -0.2) is 45.5 Å². The van der Waals surface area contributed by atoms with Gasteiger partial charge >= 0.3 is 5.97 Å². The summed E-state index contributed by atoms with van der Waals surface area (Å²) in [7, 11) is 3.36. The summed E-state index contributed by atoms with van der Waals surface area (Å²) in [5, 5.41) is 8.61. The maximum atomic E-state index is 11.2. The number of carbonyl (C=O) groups excluding carboxylic acids is 1. The number of carbonyl (C=O) groups is 2. The molecule has 0 aromatic carbocycles. The zero-order valence-corrected chi connectivity index (χ0v) is 8.67. The number of aryl methyl sites for hydroxylation is 1. The second-order valence-electron chi connectivity index (χ2n) is 3.34. The van der Waals surface area contributed by atoms with Crippen LogP contribution < -0.4 is 0 Å². The Labute approximate surface area is 87.1 Å². The first-order valence-corrected chi connectivity index (χ1v) is 4.46. The van der Waals surface area contributed by atoms with Crippen molar-refractivity contribution in [3.8, 4) is 0 Å². The summed E-state index contributed by atoms with van der Waals surface area (Å²) >= 11 is 0. The average molecular weight is 211 g/mol. The number of hydrogen-bond donors (Lipinski definition) is 1. The van der Waals surface area contributed by atoms with Crippen LogP contribution in [-0.2, 0) is 11.3 Å². The van der Waals surface area contributed by atoms with E-state index in [-0.39, 0.29) is 11.6 Å². The van der Waals surface area contributed by atoms with Gasteiger partial charge in [0.2, 0.25) is 5.91 Å². The Morgan fingerprint density at radius 1 is 1.53 bits per heavy atom. The molecule has 0 unspecified atom stereocenters. The van der Waals surface area contributed by atoms with Gasteiger partial charge in [-0.1, -0.05) is 0 Å². The molecule has 6 nitrogen and oxygen atoms in total. The smallest absolute Gasteiger partial charge is 0.356 e. The molecule has 0 aliphatic heterocycles. The first-order valence-electron chi connectivity index (χ1n) is 4.46. The fourth-order valence-corrected chi connectivity index (χ4v) is 1.04. The molecule has 0 spiro atoms. The Kier molecular flexibility index (Phi) is 3.43. The highest BCUT2D eigenvalue weighted by molar-refractivity contribution is 5.84. The van der Waals surface area contributed by atoms with Crippen LogP contribution in [0.15, 0.2) is 12.5 Å². The zero-order valence-electron chi connectivity index (χ0n) is 8.67. The van der Waals surface area contributed by atoms with E-state index in [9.17, 15) is 9.59 Å². The predicted octanol–water partition coefficient (Wildman–Crippen LogP) is 0.0596. The minimum atomic E-state index is -1.06. The fourth-order valence-electron chi connectivity index (χ4n) is 1.04. The quantitative estimate of drug-likeness (QED) is 0.764. The number of imidazole rings is 1. The zero-order chi connectivity index (χ0) is 11.4. The van der Waals surface area contributed by atoms with Crippen molar-refractivity contribution in [2.75, 3.05) is 14.1 Å². The molecule has 0 bridgehead atoms. The Morgan fingerprint density at radius 2 is 2.20 bits per heavy atom. The van der Waals surface area contributed by atoms with Gasteiger partial charge < -0.3 is 14.6 Å².